The fourth-order valence-electron chi connectivity index (χ4n) is 4.03. The molecule has 0 spiro atoms. The van der Waals surface area contributed by atoms with E-state index in [4.69, 9.17) is 14.3 Å². The molecular formula is C18H16O6. The number of carboxylic acid groups (broad SMARTS) is 1. The lowest BCUT2D eigenvalue weighted by Gasteiger charge is -2.19. The van der Waals surface area contributed by atoms with Gasteiger partial charge in [-0.2, -0.15) is 0 Å². The van der Waals surface area contributed by atoms with E-state index in [0.717, 1.165) is 19.3 Å². The van der Waals surface area contributed by atoms with E-state index in [1.54, 1.807) is 12.1 Å². The van der Waals surface area contributed by atoms with Gasteiger partial charge in [0.2, 0.25) is 0 Å². The molecule has 0 amide bonds. The summed E-state index contributed by atoms with van der Waals surface area (Å²) < 4.78 is 10.5. The van der Waals surface area contributed by atoms with Crippen LogP contribution in [0.2, 0.25) is 0 Å². The number of fused-ring (bicyclic) bond motifs is 3. The van der Waals surface area contributed by atoms with E-state index in [1.807, 2.05) is 0 Å². The van der Waals surface area contributed by atoms with E-state index in [2.05, 4.69) is 0 Å². The molecule has 124 valence electrons. The molecule has 2 bridgehead atoms. The molecule has 24 heavy (non-hydrogen) atoms. The Morgan fingerprint density at radius 1 is 1.17 bits per heavy atom. The van der Waals surface area contributed by atoms with Gasteiger partial charge in [-0.3, -0.25) is 4.79 Å². The van der Waals surface area contributed by atoms with Gasteiger partial charge in [0.05, 0.1) is 5.92 Å². The lowest BCUT2D eigenvalue weighted by atomic mass is 9.89. The Bertz CT molecular complexity index is 896. The van der Waals surface area contributed by atoms with Crippen molar-refractivity contribution in [1.82, 2.24) is 0 Å². The molecule has 1 aromatic carbocycles. The van der Waals surface area contributed by atoms with Crippen LogP contribution in [0, 0.1) is 17.8 Å². The zero-order valence-corrected chi connectivity index (χ0v) is 12.9. The molecule has 2 aliphatic rings. The monoisotopic (exact) mass is 328 g/mol. The number of rotatable bonds is 3. The third kappa shape index (κ3) is 2.48. The number of carbonyl (C=O) groups excluding carboxylic acids is 1. The highest BCUT2D eigenvalue weighted by Crippen LogP contribution is 2.48. The summed E-state index contributed by atoms with van der Waals surface area (Å²) in [4.78, 5) is 35.0. The Morgan fingerprint density at radius 3 is 2.67 bits per heavy atom. The fourth-order valence-corrected chi connectivity index (χ4v) is 4.03. The molecule has 1 aromatic heterocycles. The highest BCUT2D eigenvalue weighted by molar-refractivity contribution is 5.91. The quantitative estimate of drug-likeness (QED) is 0.529. The SMILES string of the molecule is O=C(O)c1cc2ccc(OC(=O)C3CC4CCC3C4)cc2oc1=O. The van der Waals surface area contributed by atoms with Gasteiger partial charge in [0.1, 0.15) is 16.9 Å². The zero-order chi connectivity index (χ0) is 16.8. The minimum Gasteiger partial charge on any atom is -0.477 e. The number of esters is 1. The summed E-state index contributed by atoms with van der Waals surface area (Å²) in [5, 5.41) is 9.41. The largest absolute Gasteiger partial charge is 0.477 e. The zero-order valence-electron chi connectivity index (χ0n) is 12.9. The first-order valence-electron chi connectivity index (χ1n) is 8.04. The second kappa shape index (κ2) is 5.47. The summed E-state index contributed by atoms with van der Waals surface area (Å²) in [6, 6.07) is 5.87. The van der Waals surface area contributed by atoms with Gasteiger partial charge in [-0.05, 0) is 49.3 Å². The molecule has 6 nitrogen and oxygen atoms in total. The van der Waals surface area contributed by atoms with Crippen LogP contribution in [0.5, 0.6) is 5.75 Å². The Balaban J connectivity index is 1.59. The van der Waals surface area contributed by atoms with Crippen LogP contribution in [-0.4, -0.2) is 17.0 Å². The highest BCUT2D eigenvalue weighted by Gasteiger charge is 2.44. The molecule has 2 fully saturated rings. The van der Waals surface area contributed by atoms with Crippen molar-refractivity contribution >= 4 is 22.9 Å². The second-order valence-corrected chi connectivity index (χ2v) is 6.65. The number of benzene rings is 1. The van der Waals surface area contributed by atoms with Crippen LogP contribution in [0.4, 0.5) is 0 Å². The number of hydrogen-bond acceptors (Lipinski definition) is 5. The molecule has 3 atom stereocenters. The minimum atomic E-state index is -1.34. The lowest BCUT2D eigenvalue weighted by Crippen LogP contribution is -2.25. The van der Waals surface area contributed by atoms with Crippen LogP contribution in [0.15, 0.2) is 33.5 Å². The van der Waals surface area contributed by atoms with E-state index in [0.29, 0.717) is 23.0 Å². The van der Waals surface area contributed by atoms with Gasteiger partial charge in [-0.1, -0.05) is 6.42 Å². The predicted octanol–water partition coefficient (Wildman–Crippen LogP) is 2.83. The number of ether oxygens (including phenoxy) is 1. The topological polar surface area (TPSA) is 93.8 Å². The third-order valence-electron chi connectivity index (χ3n) is 5.20. The van der Waals surface area contributed by atoms with Gasteiger partial charge in [-0.25, -0.2) is 9.59 Å². The molecular weight excluding hydrogens is 312 g/mol. The van der Waals surface area contributed by atoms with Crippen molar-refractivity contribution in [3.8, 4) is 5.75 Å². The Labute approximate surface area is 137 Å². The van der Waals surface area contributed by atoms with E-state index in [1.165, 1.54) is 18.6 Å². The van der Waals surface area contributed by atoms with Crippen LogP contribution in [0.3, 0.4) is 0 Å². The van der Waals surface area contributed by atoms with E-state index < -0.39 is 17.2 Å². The first kappa shape index (κ1) is 14.9. The highest BCUT2D eigenvalue weighted by atomic mass is 16.5. The van der Waals surface area contributed by atoms with Gasteiger partial charge in [-0.15, -0.1) is 0 Å². The third-order valence-corrected chi connectivity index (χ3v) is 5.20. The average molecular weight is 328 g/mol. The summed E-state index contributed by atoms with van der Waals surface area (Å²) in [6.07, 6.45) is 4.31. The van der Waals surface area contributed by atoms with Gasteiger partial charge in [0.15, 0.2) is 0 Å². The number of hydrogen-bond donors (Lipinski definition) is 1. The van der Waals surface area contributed by atoms with Crippen molar-refractivity contribution in [2.75, 3.05) is 0 Å². The summed E-state index contributed by atoms with van der Waals surface area (Å²) >= 11 is 0. The molecule has 0 radical (unpaired) electrons. The maximum absolute atomic E-state index is 12.4. The standard InChI is InChI=1S/C18H16O6/c19-16(20)14-7-11-3-4-12(8-15(11)24-18(14)22)23-17(21)13-6-9-1-2-10(13)5-9/h3-4,7-10,13H,1-2,5-6H2,(H,19,20). The predicted molar refractivity (Wildman–Crippen MR) is 84.0 cm³/mol. The van der Waals surface area contributed by atoms with Crippen LogP contribution in [-0.2, 0) is 4.79 Å². The Morgan fingerprint density at radius 2 is 2.00 bits per heavy atom. The molecule has 0 aliphatic heterocycles. The van der Waals surface area contributed by atoms with Crippen molar-refractivity contribution in [1.29, 1.82) is 0 Å². The number of carboxylic acids is 1. The smallest absolute Gasteiger partial charge is 0.351 e. The molecule has 2 aromatic rings. The van der Waals surface area contributed by atoms with E-state index >= 15 is 0 Å². The van der Waals surface area contributed by atoms with Gasteiger partial charge in [0.25, 0.3) is 0 Å². The molecule has 3 unspecified atom stereocenters. The van der Waals surface area contributed by atoms with Gasteiger partial charge < -0.3 is 14.3 Å². The molecule has 2 saturated carbocycles. The van der Waals surface area contributed by atoms with E-state index in [9.17, 15) is 14.4 Å². The lowest BCUT2D eigenvalue weighted by molar-refractivity contribution is -0.140. The molecule has 4 rings (SSSR count). The fraction of sp³-hybridized carbons (Fsp3) is 0.389. The first-order valence-corrected chi connectivity index (χ1v) is 8.04. The van der Waals surface area contributed by atoms with Crippen LogP contribution >= 0.6 is 0 Å². The van der Waals surface area contributed by atoms with Crippen LogP contribution in [0.1, 0.15) is 36.0 Å². The van der Waals surface area contributed by atoms with Crippen LogP contribution in [0.25, 0.3) is 11.0 Å². The van der Waals surface area contributed by atoms with Crippen LogP contribution < -0.4 is 10.4 Å². The molecule has 0 saturated heterocycles. The molecule has 6 heteroatoms. The van der Waals surface area contributed by atoms with E-state index in [-0.39, 0.29) is 17.5 Å². The molecule has 2 aliphatic carbocycles. The minimum absolute atomic E-state index is 0.0409. The first-order chi connectivity index (χ1) is 11.5. The van der Waals surface area contributed by atoms with Crippen molar-refractivity contribution < 1.29 is 23.8 Å². The normalized spacial score (nSPS) is 25.1. The summed E-state index contributed by atoms with van der Waals surface area (Å²) in [5.41, 5.74) is -1.15. The van der Waals surface area contributed by atoms with Crippen molar-refractivity contribution in [2.45, 2.75) is 25.7 Å². The number of aromatic carboxylic acids is 1. The number of carbonyl (C=O) groups is 2. The Kier molecular flexibility index (Phi) is 3.40. The molecule has 1 N–H and O–H groups in total. The Hall–Kier alpha value is -2.63. The maximum atomic E-state index is 12.4. The van der Waals surface area contributed by atoms with Gasteiger partial charge >= 0.3 is 17.6 Å². The van der Waals surface area contributed by atoms with Crippen molar-refractivity contribution in [2.24, 2.45) is 17.8 Å². The van der Waals surface area contributed by atoms with Crippen molar-refractivity contribution in [3.63, 3.8) is 0 Å². The van der Waals surface area contributed by atoms with Gasteiger partial charge in [0, 0.05) is 11.5 Å². The maximum Gasteiger partial charge on any atom is 0.351 e. The average Bonchev–Trinajstić information content (AvgIpc) is 3.17. The second-order valence-electron chi connectivity index (χ2n) is 6.65. The van der Waals surface area contributed by atoms with Crippen molar-refractivity contribution in [3.05, 3.63) is 40.2 Å². The molecule has 1 heterocycles. The summed E-state index contributed by atoms with van der Waals surface area (Å²) in [6.45, 7) is 0. The summed E-state index contributed by atoms with van der Waals surface area (Å²) in [7, 11) is 0. The summed E-state index contributed by atoms with van der Waals surface area (Å²) in [5.74, 6) is -0.221.